The second-order valence-electron chi connectivity index (χ2n) is 15.6. The minimum absolute atomic E-state index is 0.114. The molecule has 0 N–H and O–H groups in total. The first-order chi connectivity index (χ1) is 28.0. The molecule has 0 unspecified atom stereocenters. The molecule has 11 rings (SSSR count). The van der Waals surface area contributed by atoms with Crippen LogP contribution in [0.25, 0.3) is 99.7 Å². The number of benzene rings is 8. The Kier molecular flexibility index (Phi) is 7.52. The molecule has 3 heteroatoms. The molecule has 0 amide bonds. The lowest BCUT2D eigenvalue weighted by atomic mass is 9.81. The summed E-state index contributed by atoms with van der Waals surface area (Å²) in [4.78, 5) is 14.9. The topological polar surface area (TPSA) is 38.7 Å². The summed E-state index contributed by atoms with van der Waals surface area (Å²) in [6.45, 7) is 4.73. The Morgan fingerprint density at radius 1 is 0.386 bits per heavy atom. The Morgan fingerprint density at radius 2 is 1.05 bits per heavy atom. The van der Waals surface area contributed by atoms with E-state index >= 15 is 0 Å². The van der Waals surface area contributed by atoms with Gasteiger partial charge in [-0.3, -0.25) is 4.98 Å². The Hall–Kier alpha value is -7.23. The highest BCUT2D eigenvalue weighted by Gasteiger charge is 2.37. The fourth-order valence-electron chi connectivity index (χ4n) is 8.99. The van der Waals surface area contributed by atoms with E-state index in [1.165, 1.54) is 49.5 Å². The maximum absolute atomic E-state index is 5.26. The molecular weight excluding hydrogens is 691 g/mol. The molecule has 0 fully saturated rings. The minimum atomic E-state index is -0.114. The Bertz CT molecular complexity index is 3200. The van der Waals surface area contributed by atoms with Crippen LogP contribution >= 0.6 is 0 Å². The van der Waals surface area contributed by atoms with Gasteiger partial charge in [-0.25, -0.2) is 9.97 Å². The van der Waals surface area contributed by atoms with Crippen LogP contribution in [0.15, 0.2) is 188 Å². The van der Waals surface area contributed by atoms with Gasteiger partial charge in [0.15, 0.2) is 5.82 Å². The van der Waals surface area contributed by atoms with Crippen molar-refractivity contribution in [2.75, 3.05) is 0 Å². The first kappa shape index (κ1) is 33.1. The zero-order valence-corrected chi connectivity index (χ0v) is 31.7. The molecule has 0 radical (unpaired) electrons. The van der Waals surface area contributed by atoms with Gasteiger partial charge in [-0.05, 0) is 102 Å². The third kappa shape index (κ3) is 5.46. The van der Waals surface area contributed by atoms with Crippen molar-refractivity contribution in [2.24, 2.45) is 0 Å². The fourth-order valence-corrected chi connectivity index (χ4v) is 8.99. The molecule has 0 atom stereocenters. The van der Waals surface area contributed by atoms with E-state index in [-0.39, 0.29) is 5.41 Å². The van der Waals surface area contributed by atoms with Gasteiger partial charge in [-0.1, -0.05) is 159 Å². The lowest BCUT2D eigenvalue weighted by Crippen LogP contribution is -2.14. The number of pyridine rings is 1. The van der Waals surface area contributed by atoms with Gasteiger partial charge in [0.2, 0.25) is 0 Å². The van der Waals surface area contributed by atoms with E-state index in [4.69, 9.17) is 9.97 Å². The van der Waals surface area contributed by atoms with Gasteiger partial charge < -0.3 is 0 Å². The van der Waals surface area contributed by atoms with Crippen molar-refractivity contribution in [1.82, 2.24) is 15.0 Å². The summed E-state index contributed by atoms with van der Waals surface area (Å²) in [5.41, 5.74) is 16.0. The Morgan fingerprint density at radius 3 is 1.88 bits per heavy atom. The average molecular weight is 728 g/mol. The highest BCUT2D eigenvalue weighted by molar-refractivity contribution is 6.08. The van der Waals surface area contributed by atoms with Crippen LogP contribution in [0.1, 0.15) is 25.0 Å². The summed E-state index contributed by atoms with van der Waals surface area (Å²) in [5.74, 6) is 0.703. The van der Waals surface area contributed by atoms with E-state index in [1.54, 1.807) is 0 Å². The SMILES string of the molecule is CC1(C)c2cc3ccccc3cc2-c2c(-c3ccc(-c4cc(-c5ccc(-c6ccc7ncccc7c6)cc5)nc(-c5ccccc5)n4)c4ccccc34)cccc21. The van der Waals surface area contributed by atoms with Gasteiger partial charge in [0.25, 0.3) is 0 Å². The van der Waals surface area contributed by atoms with Crippen LogP contribution in [0.3, 0.4) is 0 Å². The average Bonchev–Trinajstić information content (AvgIpc) is 3.50. The van der Waals surface area contributed by atoms with Crippen LogP contribution < -0.4 is 0 Å². The molecule has 10 aromatic rings. The Labute approximate surface area is 332 Å². The number of aromatic nitrogens is 3. The zero-order valence-electron chi connectivity index (χ0n) is 31.7. The summed E-state index contributed by atoms with van der Waals surface area (Å²) < 4.78 is 0. The number of hydrogen-bond acceptors (Lipinski definition) is 3. The predicted octanol–water partition coefficient (Wildman–Crippen LogP) is 14.0. The van der Waals surface area contributed by atoms with Gasteiger partial charge in [0.1, 0.15) is 0 Å². The van der Waals surface area contributed by atoms with Crippen LogP contribution in [0.4, 0.5) is 0 Å². The summed E-state index contributed by atoms with van der Waals surface area (Å²) in [6, 6.07) is 65.4. The molecule has 0 bridgehead atoms. The van der Waals surface area contributed by atoms with Crippen LogP contribution in [0, 0.1) is 0 Å². The maximum Gasteiger partial charge on any atom is 0.160 e. The summed E-state index contributed by atoms with van der Waals surface area (Å²) in [6.07, 6.45) is 1.84. The summed E-state index contributed by atoms with van der Waals surface area (Å²) in [7, 11) is 0. The molecule has 0 spiro atoms. The van der Waals surface area contributed by atoms with Crippen molar-refractivity contribution in [3.8, 4) is 67.3 Å². The molecular formula is C54H37N3. The summed E-state index contributed by atoms with van der Waals surface area (Å²) in [5, 5.41) is 6.04. The fraction of sp³-hybridized carbons (Fsp3) is 0.0556. The van der Waals surface area contributed by atoms with E-state index in [2.05, 4.69) is 177 Å². The zero-order chi connectivity index (χ0) is 38.1. The van der Waals surface area contributed by atoms with Crippen LogP contribution in [-0.2, 0) is 5.41 Å². The predicted molar refractivity (Wildman–Crippen MR) is 237 cm³/mol. The van der Waals surface area contributed by atoms with E-state index in [0.717, 1.165) is 55.5 Å². The standard InChI is InChI=1S/C54H37N3/c1-54(2)47-20-10-19-45(52(47)46-31-37-14-6-7-15-38(37)32-48(46)54)43-26-27-44(42-18-9-8-17-41(42)43)51-33-50(56-53(57-51)36-12-4-3-5-13-36)35-23-21-34(22-24-35)39-25-28-49-40(30-39)16-11-29-55-49/h3-33H,1-2H3. The largest absolute Gasteiger partial charge is 0.256 e. The smallest absolute Gasteiger partial charge is 0.160 e. The van der Waals surface area contributed by atoms with Gasteiger partial charge in [-0.15, -0.1) is 0 Å². The molecule has 2 aromatic heterocycles. The maximum atomic E-state index is 5.26. The van der Waals surface area contributed by atoms with Crippen molar-refractivity contribution < 1.29 is 0 Å². The molecule has 268 valence electrons. The monoisotopic (exact) mass is 727 g/mol. The second-order valence-corrected chi connectivity index (χ2v) is 15.6. The van der Waals surface area contributed by atoms with Crippen molar-refractivity contribution in [2.45, 2.75) is 19.3 Å². The lowest BCUT2D eigenvalue weighted by molar-refractivity contribution is 0.661. The van der Waals surface area contributed by atoms with Gasteiger partial charge >= 0.3 is 0 Å². The third-order valence-corrected chi connectivity index (χ3v) is 11.9. The van der Waals surface area contributed by atoms with Crippen molar-refractivity contribution in [3.05, 3.63) is 199 Å². The first-order valence-electron chi connectivity index (χ1n) is 19.6. The molecule has 1 aliphatic carbocycles. The van der Waals surface area contributed by atoms with Gasteiger partial charge in [0.05, 0.1) is 16.9 Å². The number of fused-ring (bicyclic) bond motifs is 6. The highest BCUT2D eigenvalue weighted by Crippen LogP contribution is 2.54. The van der Waals surface area contributed by atoms with Crippen LogP contribution in [0.5, 0.6) is 0 Å². The van der Waals surface area contributed by atoms with Crippen molar-refractivity contribution >= 4 is 32.4 Å². The van der Waals surface area contributed by atoms with E-state index in [9.17, 15) is 0 Å². The summed E-state index contributed by atoms with van der Waals surface area (Å²) >= 11 is 0. The molecule has 0 saturated heterocycles. The molecule has 3 nitrogen and oxygen atoms in total. The number of rotatable bonds is 5. The third-order valence-electron chi connectivity index (χ3n) is 11.9. The van der Waals surface area contributed by atoms with E-state index < -0.39 is 0 Å². The molecule has 1 aliphatic rings. The molecule has 2 heterocycles. The van der Waals surface area contributed by atoms with Gasteiger partial charge in [0, 0.05) is 33.7 Å². The van der Waals surface area contributed by atoms with E-state index in [0.29, 0.717) is 5.82 Å². The molecule has 0 aliphatic heterocycles. The normalized spacial score (nSPS) is 12.9. The minimum Gasteiger partial charge on any atom is -0.256 e. The second kappa shape index (κ2) is 12.9. The van der Waals surface area contributed by atoms with Crippen LogP contribution in [-0.4, -0.2) is 15.0 Å². The molecule has 0 saturated carbocycles. The Balaban J connectivity index is 1.06. The van der Waals surface area contributed by atoms with E-state index in [1.807, 2.05) is 30.5 Å². The quantitative estimate of drug-likeness (QED) is 0.177. The number of nitrogens with zero attached hydrogens (tertiary/aromatic N) is 3. The first-order valence-corrected chi connectivity index (χ1v) is 19.6. The van der Waals surface area contributed by atoms with Crippen molar-refractivity contribution in [3.63, 3.8) is 0 Å². The molecule has 57 heavy (non-hydrogen) atoms. The molecule has 8 aromatic carbocycles. The lowest BCUT2D eigenvalue weighted by Gasteiger charge is -2.22. The van der Waals surface area contributed by atoms with Crippen molar-refractivity contribution in [1.29, 1.82) is 0 Å². The van der Waals surface area contributed by atoms with Gasteiger partial charge in [-0.2, -0.15) is 0 Å². The van der Waals surface area contributed by atoms with Crippen LogP contribution in [0.2, 0.25) is 0 Å². The number of hydrogen-bond donors (Lipinski definition) is 0. The highest BCUT2D eigenvalue weighted by atomic mass is 14.9.